The van der Waals surface area contributed by atoms with Gasteiger partial charge in [0.2, 0.25) is 0 Å². The molecule has 2 aromatic rings. The van der Waals surface area contributed by atoms with Gasteiger partial charge in [-0.3, -0.25) is 0 Å². The quantitative estimate of drug-likeness (QED) is 0.713. The molecule has 7 heteroatoms. The maximum absolute atomic E-state index is 13.1. The van der Waals surface area contributed by atoms with Crippen molar-refractivity contribution < 1.29 is 13.2 Å². The Labute approximate surface area is 121 Å². The highest BCUT2D eigenvalue weighted by atomic mass is 79.9. The molecule has 0 aliphatic heterocycles. The summed E-state index contributed by atoms with van der Waals surface area (Å²) in [6, 6.07) is 4.69. The number of nitrogens with zero attached hydrogens (tertiary/aromatic N) is 2. The van der Waals surface area contributed by atoms with E-state index in [0.717, 1.165) is 10.2 Å². The van der Waals surface area contributed by atoms with Crippen molar-refractivity contribution in [2.45, 2.75) is 18.4 Å². The number of aromatic nitrogens is 2. The summed E-state index contributed by atoms with van der Waals surface area (Å²) in [4.78, 5) is 0. The second-order valence-corrected chi connectivity index (χ2v) is 4.96. The van der Waals surface area contributed by atoms with Crippen LogP contribution < -0.4 is 0 Å². The largest absolute Gasteiger partial charge is 0.433 e. The van der Waals surface area contributed by atoms with Crippen LogP contribution in [0.25, 0.3) is 5.69 Å². The standard InChI is InChI=1S/C12H9BrClF3N2/c1-7-2-3-9(4-10(7)14)19-11(12(15,16)17)8(5-13)6-18-19/h2-4,6H,5H2,1H3. The van der Waals surface area contributed by atoms with Gasteiger partial charge in [0.15, 0.2) is 5.69 Å². The van der Waals surface area contributed by atoms with Gasteiger partial charge in [0, 0.05) is 15.9 Å². The van der Waals surface area contributed by atoms with Crippen molar-refractivity contribution in [3.63, 3.8) is 0 Å². The highest BCUT2D eigenvalue weighted by Crippen LogP contribution is 2.35. The van der Waals surface area contributed by atoms with Crippen molar-refractivity contribution in [1.29, 1.82) is 0 Å². The van der Waals surface area contributed by atoms with Crippen LogP contribution in [0.3, 0.4) is 0 Å². The smallest absolute Gasteiger partial charge is 0.228 e. The molecule has 2 rings (SSSR count). The summed E-state index contributed by atoms with van der Waals surface area (Å²) in [5.41, 5.74) is 0.385. The number of rotatable bonds is 2. The molecule has 0 atom stereocenters. The Hall–Kier alpha value is -1.01. The zero-order chi connectivity index (χ0) is 14.2. The van der Waals surface area contributed by atoms with Gasteiger partial charge in [-0.25, -0.2) is 4.68 Å². The van der Waals surface area contributed by atoms with Crippen molar-refractivity contribution in [1.82, 2.24) is 9.78 Å². The molecule has 19 heavy (non-hydrogen) atoms. The van der Waals surface area contributed by atoms with Gasteiger partial charge in [0.25, 0.3) is 0 Å². The lowest BCUT2D eigenvalue weighted by Gasteiger charge is -2.12. The lowest BCUT2D eigenvalue weighted by molar-refractivity contribution is -0.143. The third kappa shape index (κ3) is 2.79. The van der Waals surface area contributed by atoms with Crippen molar-refractivity contribution in [3.8, 4) is 5.69 Å². The van der Waals surface area contributed by atoms with Crippen LogP contribution >= 0.6 is 27.5 Å². The van der Waals surface area contributed by atoms with Crippen molar-refractivity contribution in [2.24, 2.45) is 0 Å². The van der Waals surface area contributed by atoms with Crippen LogP contribution in [0, 0.1) is 6.92 Å². The van der Waals surface area contributed by atoms with E-state index in [2.05, 4.69) is 21.0 Å². The molecule has 0 spiro atoms. The Kier molecular flexibility index (Phi) is 3.92. The second kappa shape index (κ2) is 5.17. The summed E-state index contributed by atoms with van der Waals surface area (Å²) < 4.78 is 40.1. The van der Waals surface area contributed by atoms with Crippen LogP contribution in [-0.4, -0.2) is 9.78 Å². The van der Waals surface area contributed by atoms with Gasteiger partial charge in [-0.2, -0.15) is 18.3 Å². The Morgan fingerprint density at radius 3 is 2.58 bits per heavy atom. The maximum Gasteiger partial charge on any atom is 0.433 e. The summed E-state index contributed by atoms with van der Waals surface area (Å²) in [5, 5.41) is 4.29. The molecule has 0 fully saturated rings. The predicted octanol–water partition coefficient (Wildman–Crippen LogP) is 4.75. The van der Waals surface area contributed by atoms with Gasteiger partial charge in [-0.05, 0) is 24.6 Å². The van der Waals surface area contributed by atoms with Crippen LogP contribution in [-0.2, 0) is 11.5 Å². The molecule has 0 aliphatic carbocycles. The number of benzene rings is 1. The molecule has 0 unspecified atom stereocenters. The van der Waals surface area contributed by atoms with E-state index in [4.69, 9.17) is 11.6 Å². The minimum absolute atomic E-state index is 0.0848. The van der Waals surface area contributed by atoms with Crippen LogP contribution in [0.2, 0.25) is 5.02 Å². The molecule has 0 amide bonds. The van der Waals surface area contributed by atoms with Crippen LogP contribution in [0.5, 0.6) is 0 Å². The van der Waals surface area contributed by atoms with Crippen molar-refractivity contribution in [2.75, 3.05) is 0 Å². The topological polar surface area (TPSA) is 17.8 Å². The van der Waals surface area contributed by atoms with Crippen LogP contribution in [0.4, 0.5) is 13.2 Å². The Morgan fingerprint density at radius 1 is 1.37 bits per heavy atom. The SMILES string of the molecule is Cc1ccc(-n2ncc(CBr)c2C(F)(F)F)cc1Cl. The molecule has 0 N–H and O–H groups in total. The average molecular weight is 354 g/mol. The molecule has 1 aromatic heterocycles. The van der Waals surface area contributed by atoms with Gasteiger partial charge in [-0.15, -0.1) is 0 Å². The van der Waals surface area contributed by atoms with E-state index in [1.54, 1.807) is 19.1 Å². The molecule has 0 bridgehead atoms. The second-order valence-electron chi connectivity index (χ2n) is 4.00. The first-order valence-electron chi connectivity index (χ1n) is 5.31. The third-order valence-electron chi connectivity index (χ3n) is 2.66. The summed E-state index contributed by atoms with van der Waals surface area (Å²) in [5.74, 6) is 0. The van der Waals surface area contributed by atoms with E-state index >= 15 is 0 Å². The number of halogens is 5. The minimum Gasteiger partial charge on any atom is -0.228 e. The fourth-order valence-corrected chi connectivity index (χ4v) is 2.28. The minimum atomic E-state index is -4.48. The molecular weight excluding hydrogens is 344 g/mol. The molecular formula is C12H9BrClF3N2. The van der Waals surface area contributed by atoms with Crippen LogP contribution in [0.15, 0.2) is 24.4 Å². The third-order valence-corrected chi connectivity index (χ3v) is 3.67. The summed E-state index contributed by atoms with van der Waals surface area (Å²) in [6.45, 7) is 1.78. The van der Waals surface area contributed by atoms with Crippen LogP contribution in [0.1, 0.15) is 16.8 Å². The number of hydrogen-bond acceptors (Lipinski definition) is 1. The first-order chi connectivity index (χ1) is 8.84. The van der Waals surface area contributed by atoms with Gasteiger partial charge >= 0.3 is 6.18 Å². The molecule has 1 heterocycles. The van der Waals surface area contributed by atoms with E-state index in [0.29, 0.717) is 5.02 Å². The maximum atomic E-state index is 13.1. The zero-order valence-corrected chi connectivity index (χ0v) is 12.1. The van der Waals surface area contributed by atoms with Gasteiger partial charge < -0.3 is 0 Å². The van der Waals surface area contributed by atoms with Gasteiger partial charge in [0.05, 0.1) is 11.9 Å². The zero-order valence-electron chi connectivity index (χ0n) is 9.80. The highest BCUT2D eigenvalue weighted by molar-refractivity contribution is 9.08. The van der Waals surface area contributed by atoms with Gasteiger partial charge in [-0.1, -0.05) is 33.6 Å². The van der Waals surface area contributed by atoms with E-state index in [-0.39, 0.29) is 16.6 Å². The average Bonchev–Trinajstić information content (AvgIpc) is 2.76. The van der Waals surface area contributed by atoms with Crippen molar-refractivity contribution >= 4 is 27.5 Å². The van der Waals surface area contributed by atoms with E-state index in [1.165, 1.54) is 12.3 Å². The predicted molar refractivity (Wildman–Crippen MR) is 70.9 cm³/mol. The lowest BCUT2D eigenvalue weighted by Crippen LogP contribution is -2.15. The Bertz CT molecular complexity index is 608. The van der Waals surface area contributed by atoms with E-state index in [1.807, 2.05) is 0 Å². The molecule has 102 valence electrons. The molecule has 0 saturated carbocycles. The Balaban J connectivity index is 2.62. The number of alkyl halides is 4. The molecule has 0 saturated heterocycles. The summed E-state index contributed by atoms with van der Waals surface area (Å²) >= 11 is 8.97. The summed E-state index contributed by atoms with van der Waals surface area (Å²) in [6.07, 6.45) is -3.28. The summed E-state index contributed by atoms with van der Waals surface area (Å²) in [7, 11) is 0. The number of hydrogen-bond donors (Lipinski definition) is 0. The Morgan fingerprint density at radius 2 is 2.05 bits per heavy atom. The van der Waals surface area contributed by atoms with E-state index < -0.39 is 11.9 Å². The first-order valence-corrected chi connectivity index (χ1v) is 6.81. The van der Waals surface area contributed by atoms with Gasteiger partial charge in [0.1, 0.15) is 0 Å². The lowest BCUT2D eigenvalue weighted by atomic mass is 10.2. The highest BCUT2D eigenvalue weighted by Gasteiger charge is 2.38. The first kappa shape index (κ1) is 14.4. The van der Waals surface area contributed by atoms with E-state index in [9.17, 15) is 13.2 Å². The van der Waals surface area contributed by atoms with Crippen molar-refractivity contribution in [3.05, 3.63) is 46.2 Å². The molecule has 2 nitrogen and oxygen atoms in total. The molecule has 1 aromatic carbocycles. The molecule has 0 radical (unpaired) electrons. The molecule has 0 aliphatic rings. The normalized spacial score (nSPS) is 11.9. The monoisotopic (exact) mass is 352 g/mol. The number of aryl methyl sites for hydroxylation is 1. The fourth-order valence-electron chi connectivity index (χ4n) is 1.69. The fraction of sp³-hybridized carbons (Fsp3) is 0.250.